The Kier molecular flexibility index (Phi) is 4.79. The molecule has 1 heterocycles. The third kappa shape index (κ3) is 3.39. The highest BCUT2D eigenvalue weighted by Gasteiger charge is 2.39. The van der Waals surface area contributed by atoms with Gasteiger partial charge >= 0.3 is 0 Å². The van der Waals surface area contributed by atoms with E-state index in [1.807, 2.05) is 25.1 Å². The van der Waals surface area contributed by atoms with E-state index in [1.165, 1.54) is 4.90 Å². The Labute approximate surface area is 121 Å². The molecule has 106 valence electrons. The smallest absolute Gasteiger partial charge is 0.289 e. The third-order valence-corrected chi connectivity index (χ3v) is 3.96. The first-order valence-electron chi connectivity index (χ1n) is 6.48. The van der Waals surface area contributed by atoms with Gasteiger partial charge in [0.15, 0.2) is 0 Å². The summed E-state index contributed by atoms with van der Waals surface area (Å²) in [6.45, 7) is 2.32. The van der Waals surface area contributed by atoms with Gasteiger partial charge in [0.2, 0.25) is 11.8 Å². The molecule has 1 aliphatic heterocycles. The fourth-order valence-electron chi connectivity index (χ4n) is 1.96. The molecular formula is C14H16N2O3S. The van der Waals surface area contributed by atoms with Gasteiger partial charge in [0.25, 0.3) is 5.24 Å². The van der Waals surface area contributed by atoms with Crippen molar-refractivity contribution in [2.45, 2.75) is 25.0 Å². The van der Waals surface area contributed by atoms with E-state index in [2.05, 4.69) is 5.32 Å². The van der Waals surface area contributed by atoms with E-state index in [0.29, 0.717) is 12.2 Å². The molecule has 1 saturated heterocycles. The van der Waals surface area contributed by atoms with E-state index in [4.69, 9.17) is 0 Å². The number of hydrogen-bond acceptors (Lipinski definition) is 4. The SMILES string of the molecule is CCCN1C(=O)S[C@@H](CC(=O)Nc2ccccc2)C1=O. The van der Waals surface area contributed by atoms with E-state index in [0.717, 1.165) is 18.2 Å². The molecule has 1 aromatic rings. The molecule has 1 aromatic carbocycles. The van der Waals surface area contributed by atoms with Crippen molar-refractivity contribution >= 4 is 34.5 Å². The fraction of sp³-hybridized carbons (Fsp3) is 0.357. The Morgan fingerprint density at radius 1 is 1.30 bits per heavy atom. The van der Waals surface area contributed by atoms with Gasteiger partial charge in [-0.05, 0) is 18.6 Å². The Morgan fingerprint density at radius 3 is 2.65 bits per heavy atom. The van der Waals surface area contributed by atoms with Gasteiger partial charge in [-0.2, -0.15) is 0 Å². The maximum absolute atomic E-state index is 12.0. The summed E-state index contributed by atoms with van der Waals surface area (Å²) in [5.41, 5.74) is 0.685. The number of para-hydroxylation sites is 1. The average molecular weight is 292 g/mol. The van der Waals surface area contributed by atoms with Crippen LogP contribution in [-0.2, 0) is 9.59 Å². The monoisotopic (exact) mass is 292 g/mol. The summed E-state index contributed by atoms with van der Waals surface area (Å²) in [7, 11) is 0. The molecule has 0 unspecified atom stereocenters. The number of rotatable bonds is 5. The van der Waals surface area contributed by atoms with Gasteiger partial charge < -0.3 is 5.32 Å². The predicted molar refractivity (Wildman–Crippen MR) is 78.5 cm³/mol. The first-order chi connectivity index (χ1) is 9.61. The molecule has 1 aliphatic rings. The zero-order valence-corrected chi connectivity index (χ0v) is 12.0. The summed E-state index contributed by atoms with van der Waals surface area (Å²) in [6.07, 6.45) is 0.741. The minimum atomic E-state index is -0.599. The van der Waals surface area contributed by atoms with Crippen LogP contribution < -0.4 is 5.32 Å². The number of anilines is 1. The maximum atomic E-state index is 12.0. The molecule has 1 N–H and O–H groups in total. The normalized spacial score (nSPS) is 18.4. The summed E-state index contributed by atoms with van der Waals surface area (Å²) in [5, 5.41) is 1.86. The number of nitrogens with one attached hydrogen (secondary N) is 1. The van der Waals surface area contributed by atoms with E-state index in [9.17, 15) is 14.4 Å². The van der Waals surface area contributed by atoms with Gasteiger partial charge in [0, 0.05) is 18.7 Å². The number of amides is 3. The van der Waals surface area contributed by atoms with Crippen LogP contribution in [0.1, 0.15) is 19.8 Å². The lowest BCUT2D eigenvalue weighted by Gasteiger charge is -2.12. The van der Waals surface area contributed by atoms with E-state index >= 15 is 0 Å². The van der Waals surface area contributed by atoms with Gasteiger partial charge in [-0.15, -0.1) is 0 Å². The molecule has 20 heavy (non-hydrogen) atoms. The molecule has 0 spiro atoms. The minimum absolute atomic E-state index is 0.0182. The van der Waals surface area contributed by atoms with Gasteiger partial charge in [-0.3, -0.25) is 19.3 Å². The molecule has 0 aliphatic carbocycles. The van der Waals surface area contributed by atoms with Gasteiger partial charge in [0.1, 0.15) is 5.25 Å². The highest BCUT2D eigenvalue weighted by atomic mass is 32.2. The highest BCUT2D eigenvalue weighted by molar-refractivity contribution is 8.15. The minimum Gasteiger partial charge on any atom is -0.326 e. The summed E-state index contributed by atoms with van der Waals surface area (Å²) in [4.78, 5) is 36.8. The Balaban J connectivity index is 1.92. The first kappa shape index (κ1) is 14.6. The zero-order chi connectivity index (χ0) is 14.5. The first-order valence-corrected chi connectivity index (χ1v) is 7.36. The maximum Gasteiger partial charge on any atom is 0.289 e. The van der Waals surface area contributed by atoms with E-state index in [1.54, 1.807) is 12.1 Å². The van der Waals surface area contributed by atoms with E-state index < -0.39 is 5.25 Å². The molecular weight excluding hydrogens is 276 g/mol. The molecule has 3 amide bonds. The second-order valence-corrected chi connectivity index (χ2v) is 5.63. The van der Waals surface area contributed by atoms with Crippen molar-refractivity contribution in [1.82, 2.24) is 4.90 Å². The number of nitrogens with zero attached hydrogens (tertiary/aromatic N) is 1. The third-order valence-electron chi connectivity index (χ3n) is 2.88. The lowest BCUT2D eigenvalue weighted by Crippen LogP contribution is -2.33. The van der Waals surface area contributed by atoms with Crippen LogP contribution >= 0.6 is 11.8 Å². The Bertz CT molecular complexity index is 518. The lowest BCUT2D eigenvalue weighted by molar-refractivity contribution is -0.128. The van der Waals surface area contributed by atoms with Crippen molar-refractivity contribution in [2.75, 3.05) is 11.9 Å². The number of carbonyl (C=O) groups is 3. The highest BCUT2D eigenvalue weighted by Crippen LogP contribution is 2.29. The van der Waals surface area contributed by atoms with Crippen molar-refractivity contribution in [3.63, 3.8) is 0 Å². The fourth-order valence-corrected chi connectivity index (χ4v) is 2.97. The molecule has 1 fully saturated rings. The molecule has 5 nitrogen and oxygen atoms in total. The number of carbonyl (C=O) groups excluding carboxylic acids is 3. The van der Waals surface area contributed by atoms with Crippen LogP contribution in [0.3, 0.4) is 0 Å². The molecule has 1 atom stereocenters. The summed E-state index contributed by atoms with van der Waals surface area (Å²) in [5.74, 6) is -0.515. The van der Waals surface area contributed by atoms with Crippen LogP contribution in [0.2, 0.25) is 0 Å². The van der Waals surface area contributed by atoms with Crippen molar-refractivity contribution in [2.24, 2.45) is 0 Å². The van der Waals surface area contributed by atoms with Crippen LogP contribution in [0.15, 0.2) is 30.3 Å². The predicted octanol–water partition coefficient (Wildman–Crippen LogP) is 2.49. The van der Waals surface area contributed by atoms with Crippen LogP contribution in [0, 0.1) is 0 Å². The van der Waals surface area contributed by atoms with Crippen molar-refractivity contribution in [3.05, 3.63) is 30.3 Å². The van der Waals surface area contributed by atoms with E-state index in [-0.39, 0.29) is 23.5 Å². The van der Waals surface area contributed by atoms with Crippen molar-refractivity contribution in [1.29, 1.82) is 0 Å². The largest absolute Gasteiger partial charge is 0.326 e. The van der Waals surface area contributed by atoms with Crippen LogP contribution in [0.25, 0.3) is 0 Å². The molecule has 0 saturated carbocycles. The van der Waals surface area contributed by atoms with Gasteiger partial charge in [-0.1, -0.05) is 36.9 Å². The molecule has 2 rings (SSSR count). The summed E-state index contributed by atoms with van der Waals surface area (Å²) >= 11 is 0.937. The molecule has 6 heteroatoms. The summed E-state index contributed by atoms with van der Waals surface area (Å²) in [6, 6.07) is 9.04. The Morgan fingerprint density at radius 2 is 2.00 bits per heavy atom. The second kappa shape index (κ2) is 6.56. The number of thioether (sulfide) groups is 1. The standard InChI is InChI=1S/C14H16N2O3S/c1-2-8-16-13(18)11(20-14(16)19)9-12(17)15-10-6-4-3-5-7-10/h3-7,11H,2,8-9H2,1H3,(H,15,17)/t11-/m0/s1. The van der Waals surface area contributed by atoms with Crippen molar-refractivity contribution in [3.8, 4) is 0 Å². The van der Waals surface area contributed by atoms with Crippen molar-refractivity contribution < 1.29 is 14.4 Å². The molecule has 0 radical (unpaired) electrons. The Hall–Kier alpha value is -1.82. The molecule has 0 aromatic heterocycles. The zero-order valence-electron chi connectivity index (χ0n) is 11.2. The second-order valence-electron chi connectivity index (χ2n) is 4.48. The number of hydrogen-bond donors (Lipinski definition) is 1. The van der Waals surface area contributed by atoms with Gasteiger partial charge in [0.05, 0.1) is 0 Å². The van der Waals surface area contributed by atoms with Gasteiger partial charge in [-0.25, -0.2) is 0 Å². The number of imide groups is 1. The lowest BCUT2D eigenvalue weighted by atomic mass is 10.2. The number of benzene rings is 1. The molecule has 0 bridgehead atoms. The topological polar surface area (TPSA) is 66.5 Å². The van der Waals surface area contributed by atoms with Crippen LogP contribution in [0.5, 0.6) is 0 Å². The van der Waals surface area contributed by atoms with Crippen LogP contribution in [0.4, 0.5) is 10.5 Å². The average Bonchev–Trinajstić information content (AvgIpc) is 2.68. The van der Waals surface area contributed by atoms with Crippen LogP contribution in [-0.4, -0.2) is 33.7 Å². The quantitative estimate of drug-likeness (QED) is 0.905. The summed E-state index contributed by atoms with van der Waals surface area (Å²) < 4.78 is 0.